The molecule has 31 heavy (non-hydrogen) atoms. The van der Waals surface area contributed by atoms with E-state index >= 15 is 0 Å². The van der Waals surface area contributed by atoms with Crippen LogP contribution in [0.15, 0.2) is 73.2 Å². The Labute approximate surface area is 180 Å². The zero-order chi connectivity index (χ0) is 22.9. The van der Waals surface area contributed by atoms with E-state index < -0.39 is 39.5 Å². The van der Waals surface area contributed by atoms with E-state index in [0.29, 0.717) is 13.0 Å². The van der Waals surface area contributed by atoms with Crippen LogP contribution in [0.4, 0.5) is 0 Å². The molecule has 3 aromatic rings. The van der Waals surface area contributed by atoms with Gasteiger partial charge in [0.2, 0.25) is 19.9 Å². The number of imidazole rings is 1. The molecule has 0 fully saturated rings. The van der Waals surface area contributed by atoms with Crippen molar-refractivity contribution >= 4 is 29.7 Å². The highest BCUT2D eigenvalue weighted by Gasteiger charge is 2.29. The van der Waals surface area contributed by atoms with Crippen LogP contribution >= 0.6 is 0 Å². The van der Waals surface area contributed by atoms with Gasteiger partial charge in [0.1, 0.15) is 15.6 Å². The molecule has 2 aromatic heterocycles. The number of furan rings is 1. The number of hydrogen-bond acceptors (Lipinski definition) is 8. The van der Waals surface area contributed by atoms with Gasteiger partial charge in [0.25, 0.3) is 0 Å². The van der Waals surface area contributed by atoms with Crippen LogP contribution in [-0.4, -0.2) is 47.6 Å². The van der Waals surface area contributed by atoms with Crippen molar-refractivity contribution in [2.24, 2.45) is 0 Å². The molecule has 0 aliphatic carbocycles. The predicted molar refractivity (Wildman–Crippen MR) is 110 cm³/mol. The molecule has 10 nitrogen and oxygen atoms in total. The standard InChI is InChI=1S/C18H21N3O7S3/c1-14-16(6-11-28-14)30(24,25)15-4-5-17(29(2,22)23)18(12-15)31(26,27)20-7-3-9-21-10-8-19-13-21/h4-6,8,10-13,20H,3,7,9H2,1-2H3. The van der Waals surface area contributed by atoms with E-state index in [4.69, 9.17) is 4.42 Å². The number of rotatable bonds is 9. The Hall–Kier alpha value is -2.48. The van der Waals surface area contributed by atoms with Crippen molar-refractivity contribution in [1.82, 2.24) is 14.3 Å². The van der Waals surface area contributed by atoms with Gasteiger partial charge in [-0.05, 0) is 37.6 Å². The quantitative estimate of drug-likeness (QED) is 0.446. The maximum atomic E-state index is 12.9. The van der Waals surface area contributed by atoms with E-state index in [1.54, 1.807) is 23.3 Å². The van der Waals surface area contributed by atoms with Crippen molar-refractivity contribution < 1.29 is 29.7 Å². The van der Waals surface area contributed by atoms with Gasteiger partial charge in [-0.2, -0.15) is 0 Å². The number of sulfonamides is 1. The lowest BCUT2D eigenvalue weighted by Gasteiger charge is -2.13. The molecule has 0 aliphatic rings. The Bertz CT molecular complexity index is 1390. The first-order valence-electron chi connectivity index (χ1n) is 9.01. The van der Waals surface area contributed by atoms with Crippen LogP contribution in [0.3, 0.4) is 0 Å². The van der Waals surface area contributed by atoms with Crippen molar-refractivity contribution in [3.05, 3.63) is 55.0 Å². The second kappa shape index (κ2) is 8.57. The van der Waals surface area contributed by atoms with Gasteiger partial charge in [-0.25, -0.2) is 35.0 Å². The Balaban J connectivity index is 1.96. The molecule has 1 aromatic carbocycles. The molecule has 168 valence electrons. The lowest BCUT2D eigenvalue weighted by Crippen LogP contribution is -2.27. The van der Waals surface area contributed by atoms with Crippen molar-refractivity contribution in [2.45, 2.75) is 39.5 Å². The summed E-state index contributed by atoms with van der Waals surface area (Å²) in [5.41, 5.74) is 0. The molecule has 0 radical (unpaired) electrons. The number of aryl methyl sites for hydroxylation is 2. The maximum absolute atomic E-state index is 12.9. The van der Waals surface area contributed by atoms with Crippen LogP contribution in [0.1, 0.15) is 12.2 Å². The van der Waals surface area contributed by atoms with Gasteiger partial charge >= 0.3 is 0 Å². The Morgan fingerprint density at radius 1 is 1.03 bits per heavy atom. The van der Waals surface area contributed by atoms with Crippen molar-refractivity contribution in [3.8, 4) is 0 Å². The van der Waals surface area contributed by atoms with Crippen LogP contribution < -0.4 is 4.72 Å². The lowest BCUT2D eigenvalue weighted by molar-refractivity contribution is 0.522. The summed E-state index contributed by atoms with van der Waals surface area (Å²) in [6, 6.07) is 4.15. The minimum atomic E-state index is -4.32. The number of hydrogen-bond donors (Lipinski definition) is 1. The topological polar surface area (TPSA) is 145 Å². The molecule has 0 saturated heterocycles. The van der Waals surface area contributed by atoms with E-state index in [2.05, 4.69) is 9.71 Å². The molecule has 1 N–H and O–H groups in total. The van der Waals surface area contributed by atoms with Crippen LogP contribution in [0.25, 0.3) is 0 Å². The summed E-state index contributed by atoms with van der Waals surface area (Å²) >= 11 is 0. The van der Waals surface area contributed by atoms with E-state index in [1.807, 2.05) is 0 Å². The number of nitrogens with one attached hydrogen (secondary N) is 1. The molecular weight excluding hydrogens is 466 g/mol. The number of nitrogens with zero attached hydrogens (tertiary/aromatic N) is 2. The summed E-state index contributed by atoms with van der Waals surface area (Å²) in [4.78, 5) is 2.29. The first-order chi connectivity index (χ1) is 14.4. The highest BCUT2D eigenvalue weighted by atomic mass is 32.2. The monoisotopic (exact) mass is 487 g/mol. The Kier molecular flexibility index (Phi) is 6.41. The molecular formula is C18H21N3O7S3. The van der Waals surface area contributed by atoms with Gasteiger partial charge < -0.3 is 8.98 Å². The SMILES string of the molecule is Cc1occc1S(=O)(=O)c1ccc(S(C)(=O)=O)c(S(=O)(=O)NCCCn2ccnc2)c1. The number of benzene rings is 1. The Morgan fingerprint density at radius 3 is 2.35 bits per heavy atom. The molecule has 2 heterocycles. The zero-order valence-corrected chi connectivity index (χ0v) is 19.2. The summed E-state index contributed by atoms with van der Waals surface area (Å²) in [6.45, 7) is 1.97. The number of sulfone groups is 2. The van der Waals surface area contributed by atoms with Gasteiger partial charge in [-0.1, -0.05) is 0 Å². The molecule has 0 aliphatic heterocycles. The van der Waals surface area contributed by atoms with Crippen molar-refractivity contribution in [2.75, 3.05) is 12.8 Å². The van der Waals surface area contributed by atoms with Crippen LogP contribution in [0.5, 0.6) is 0 Å². The predicted octanol–water partition coefficient (Wildman–Crippen LogP) is 1.39. The van der Waals surface area contributed by atoms with Gasteiger partial charge in [-0.15, -0.1) is 0 Å². The molecule has 3 rings (SSSR count). The fourth-order valence-electron chi connectivity index (χ4n) is 2.92. The normalized spacial score (nSPS) is 12.8. The van der Waals surface area contributed by atoms with Crippen molar-refractivity contribution in [3.63, 3.8) is 0 Å². The third-order valence-corrected chi connectivity index (χ3v) is 9.12. The molecule has 13 heteroatoms. The van der Waals surface area contributed by atoms with E-state index in [-0.39, 0.29) is 22.1 Å². The average Bonchev–Trinajstić information content (AvgIpc) is 3.36. The third-order valence-electron chi connectivity index (χ3n) is 4.46. The molecule has 0 unspecified atom stereocenters. The van der Waals surface area contributed by atoms with Gasteiger partial charge in [0.15, 0.2) is 9.84 Å². The van der Waals surface area contributed by atoms with Crippen molar-refractivity contribution in [1.29, 1.82) is 0 Å². The van der Waals surface area contributed by atoms with E-state index in [0.717, 1.165) is 24.5 Å². The molecule has 0 bridgehead atoms. The first-order valence-corrected chi connectivity index (χ1v) is 13.9. The Morgan fingerprint density at radius 2 is 1.77 bits per heavy atom. The summed E-state index contributed by atoms with van der Waals surface area (Å²) in [5.74, 6) is 0.134. The maximum Gasteiger partial charge on any atom is 0.241 e. The van der Waals surface area contributed by atoms with Gasteiger partial charge in [0, 0.05) is 31.7 Å². The summed E-state index contributed by atoms with van der Waals surface area (Å²) in [5, 5.41) is 0. The molecule has 0 saturated carbocycles. The average molecular weight is 488 g/mol. The smallest absolute Gasteiger partial charge is 0.241 e. The lowest BCUT2D eigenvalue weighted by atomic mass is 10.4. The minimum Gasteiger partial charge on any atom is -0.468 e. The zero-order valence-electron chi connectivity index (χ0n) is 16.7. The minimum absolute atomic E-state index is 0.0154. The van der Waals surface area contributed by atoms with Gasteiger partial charge in [-0.3, -0.25) is 0 Å². The van der Waals surface area contributed by atoms with Crippen LogP contribution in [0.2, 0.25) is 0 Å². The van der Waals surface area contributed by atoms with Crippen LogP contribution in [-0.2, 0) is 36.2 Å². The van der Waals surface area contributed by atoms with Gasteiger partial charge in [0.05, 0.1) is 22.4 Å². The largest absolute Gasteiger partial charge is 0.468 e. The molecule has 0 atom stereocenters. The summed E-state index contributed by atoms with van der Waals surface area (Å²) < 4.78 is 85.1. The number of aromatic nitrogens is 2. The second-order valence-electron chi connectivity index (χ2n) is 6.78. The third kappa shape index (κ3) is 5.06. The summed E-state index contributed by atoms with van der Waals surface area (Å²) in [7, 11) is -12.4. The fraction of sp³-hybridized carbons (Fsp3) is 0.278. The molecule has 0 amide bonds. The summed E-state index contributed by atoms with van der Waals surface area (Å²) in [6.07, 6.45) is 7.37. The highest BCUT2D eigenvalue weighted by Crippen LogP contribution is 2.29. The first kappa shape index (κ1) is 23.2. The van der Waals surface area contributed by atoms with E-state index in [1.165, 1.54) is 19.3 Å². The second-order valence-corrected chi connectivity index (χ2v) is 12.4. The highest BCUT2D eigenvalue weighted by molar-refractivity contribution is 7.93. The fourth-order valence-corrected chi connectivity index (χ4v) is 7.13. The van der Waals surface area contributed by atoms with E-state index in [9.17, 15) is 25.3 Å². The molecule has 0 spiro atoms. The van der Waals surface area contributed by atoms with Crippen LogP contribution in [0, 0.1) is 6.92 Å².